The zero-order valence-corrected chi connectivity index (χ0v) is 11.4. The molecule has 1 N–H and O–H groups in total. The minimum atomic E-state index is -2.84. The van der Waals surface area contributed by atoms with Crippen LogP contribution in [0.2, 0.25) is 0 Å². The Morgan fingerprint density at radius 3 is 2.62 bits per heavy atom. The van der Waals surface area contributed by atoms with Gasteiger partial charge in [0.25, 0.3) is 0 Å². The largest absolute Gasteiger partial charge is 0.317 e. The van der Waals surface area contributed by atoms with E-state index in [0.29, 0.717) is 11.8 Å². The highest BCUT2D eigenvalue weighted by molar-refractivity contribution is 7.92. The van der Waals surface area contributed by atoms with Crippen LogP contribution in [-0.4, -0.2) is 32.5 Å². The van der Waals surface area contributed by atoms with E-state index in [1.165, 1.54) is 0 Å². The Bertz CT molecular complexity index is 287. The smallest absolute Gasteiger partial charge is 0.153 e. The van der Waals surface area contributed by atoms with Gasteiger partial charge in [-0.05, 0) is 32.7 Å². The molecule has 2 atom stereocenters. The van der Waals surface area contributed by atoms with Crippen molar-refractivity contribution in [1.29, 1.82) is 0 Å². The fourth-order valence-corrected chi connectivity index (χ4v) is 4.44. The van der Waals surface area contributed by atoms with E-state index in [1.807, 2.05) is 7.05 Å². The second-order valence-electron chi connectivity index (χ2n) is 4.85. The summed E-state index contributed by atoms with van der Waals surface area (Å²) in [5.41, 5.74) is 0. The van der Waals surface area contributed by atoms with Crippen LogP contribution in [0.1, 0.15) is 51.9 Å². The summed E-state index contributed by atoms with van der Waals surface area (Å²) in [6.45, 7) is 2.10. The quantitative estimate of drug-likeness (QED) is 0.731. The molecule has 0 bridgehead atoms. The van der Waals surface area contributed by atoms with Gasteiger partial charge in [-0.3, -0.25) is 0 Å². The van der Waals surface area contributed by atoms with Crippen LogP contribution in [0, 0.1) is 0 Å². The van der Waals surface area contributed by atoms with E-state index in [4.69, 9.17) is 0 Å². The Labute approximate surface area is 99.9 Å². The molecule has 0 saturated heterocycles. The van der Waals surface area contributed by atoms with Crippen molar-refractivity contribution in [3.8, 4) is 0 Å². The van der Waals surface area contributed by atoms with Crippen LogP contribution in [0.4, 0.5) is 0 Å². The normalized spacial score (nSPS) is 26.9. The maximum absolute atomic E-state index is 12.1. The standard InChI is InChI=1S/C12H25NO2S/c1-3-4-5-9-16(14,15)12-8-6-7-11(10-12)13-2/h11-13H,3-10H2,1-2H3. The van der Waals surface area contributed by atoms with E-state index >= 15 is 0 Å². The topological polar surface area (TPSA) is 46.2 Å². The Hall–Kier alpha value is -0.0900. The van der Waals surface area contributed by atoms with Gasteiger partial charge in [-0.15, -0.1) is 0 Å². The van der Waals surface area contributed by atoms with Crippen molar-refractivity contribution in [2.24, 2.45) is 0 Å². The second-order valence-corrected chi connectivity index (χ2v) is 7.25. The van der Waals surface area contributed by atoms with Crippen LogP contribution in [0.3, 0.4) is 0 Å². The molecule has 0 aliphatic heterocycles. The summed E-state index contributed by atoms with van der Waals surface area (Å²) >= 11 is 0. The summed E-state index contributed by atoms with van der Waals surface area (Å²) in [6.07, 6.45) is 6.79. The maximum atomic E-state index is 12.1. The molecule has 0 spiro atoms. The Morgan fingerprint density at radius 2 is 2.00 bits per heavy atom. The molecule has 1 saturated carbocycles. The third-order valence-electron chi connectivity index (χ3n) is 3.57. The molecule has 0 aromatic heterocycles. The first-order chi connectivity index (χ1) is 7.60. The van der Waals surface area contributed by atoms with Crippen molar-refractivity contribution in [3.05, 3.63) is 0 Å². The van der Waals surface area contributed by atoms with E-state index in [9.17, 15) is 8.42 Å². The number of unbranched alkanes of at least 4 members (excludes halogenated alkanes) is 2. The van der Waals surface area contributed by atoms with Gasteiger partial charge in [0.1, 0.15) is 0 Å². The van der Waals surface area contributed by atoms with E-state index in [0.717, 1.165) is 44.9 Å². The lowest BCUT2D eigenvalue weighted by Gasteiger charge is -2.28. The average molecular weight is 247 g/mol. The lowest BCUT2D eigenvalue weighted by molar-refractivity contribution is 0.390. The number of sulfone groups is 1. The Kier molecular flexibility index (Phi) is 5.76. The third-order valence-corrected chi connectivity index (χ3v) is 5.88. The monoisotopic (exact) mass is 247 g/mol. The van der Waals surface area contributed by atoms with Crippen LogP contribution in [-0.2, 0) is 9.84 Å². The Morgan fingerprint density at radius 1 is 1.25 bits per heavy atom. The van der Waals surface area contributed by atoms with Gasteiger partial charge in [0, 0.05) is 6.04 Å². The molecule has 1 aliphatic rings. The number of hydrogen-bond donors (Lipinski definition) is 1. The van der Waals surface area contributed by atoms with Crippen LogP contribution in [0.15, 0.2) is 0 Å². The van der Waals surface area contributed by atoms with Crippen LogP contribution >= 0.6 is 0 Å². The number of rotatable bonds is 6. The van der Waals surface area contributed by atoms with Crippen molar-refractivity contribution < 1.29 is 8.42 Å². The molecule has 1 rings (SSSR count). The minimum absolute atomic E-state index is 0.0874. The predicted molar refractivity (Wildman–Crippen MR) is 68.4 cm³/mol. The lowest BCUT2D eigenvalue weighted by Crippen LogP contribution is -2.38. The fourth-order valence-electron chi connectivity index (χ4n) is 2.45. The molecular formula is C12H25NO2S. The molecule has 3 nitrogen and oxygen atoms in total. The summed E-state index contributed by atoms with van der Waals surface area (Å²) in [6, 6.07) is 0.403. The van der Waals surface area contributed by atoms with E-state index in [2.05, 4.69) is 12.2 Å². The summed E-state index contributed by atoms with van der Waals surface area (Å²) in [7, 11) is -0.911. The van der Waals surface area contributed by atoms with Gasteiger partial charge in [0.15, 0.2) is 9.84 Å². The Balaban J connectivity index is 2.47. The summed E-state index contributed by atoms with van der Waals surface area (Å²) in [5.74, 6) is 0.391. The first-order valence-electron chi connectivity index (χ1n) is 6.49. The predicted octanol–water partition coefficient (Wildman–Crippen LogP) is 2.12. The highest BCUT2D eigenvalue weighted by Gasteiger charge is 2.30. The molecule has 0 amide bonds. The molecule has 0 aromatic rings. The molecule has 1 fully saturated rings. The van der Waals surface area contributed by atoms with E-state index < -0.39 is 9.84 Å². The van der Waals surface area contributed by atoms with Crippen molar-refractivity contribution in [3.63, 3.8) is 0 Å². The second kappa shape index (κ2) is 6.60. The van der Waals surface area contributed by atoms with E-state index in [1.54, 1.807) is 0 Å². The van der Waals surface area contributed by atoms with Crippen molar-refractivity contribution in [2.75, 3.05) is 12.8 Å². The molecule has 1 aliphatic carbocycles. The summed E-state index contributed by atoms with van der Waals surface area (Å²) < 4.78 is 24.2. The van der Waals surface area contributed by atoms with Crippen LogP contribution < -0.4 is 5.32 Å². The first-order valence-corrected chi connectivity index (χ1v) is 8.20. The molecule has 0 aromatic carbocycles. The maximum Gasteiger partial charge on any atom is 0.153 e. The van der Waals surface area contributed by atoms with Crippen molar-refractivity contribution >= 4 is 9.84 Å². The average Bonchev–Trinajstić information content (AvgIpc) is 2.29. The zero-order chi connectivity index (χ0) is 12.0. The molecule has 0 heterocycles. The van der Waals surface area contributed by atoms with Crippen molar-refractivity contribution in [1.82, 2.24) is 5.32 Å². The zero-order valence-electron chi connectivity index (χ0n) is 10.5. The van der Waals surface area contributed by atoms with Gasteiger partial charge >= 0.3 is 0 Å². The number of nitrogens with one attached hydrogen (secondary N) is 1. The van der Waals surface area contributed by atoms with Gasteiger partial charge in [0.05, 0.1) is 11.0 Å². The van der Waals surface area contributed by atoms with Gasteiger partial charge < -0.3 is 5.32 Å². The molecule has 96 valence electrons. The highest BCUT2D eigenvalue weighted by Crippen LogP contribution is 2.25. The minimum Gasteiger partial charge on any atom is -0.317 e. The van der Waals surface area contributed by atoms with Gasteiger partial charge in [0.2, 0.25) is 0 Å². The van der Waals surface area contributed by atoms with Crippen molar-refractivity contribution in [2.45, 2.75) is 63.2 Å². The lowest BCUT2D eigenvalue weighted by atomic mass is 9.95. The SMILES string of the molecule is CCCCCS(=O)(=O)C1CCCC(NC)C1. The summed E-state index contributed by atoms with van der Waals surface area (Å²) in [5, 5.41) is 3.12. The molecule has 0 radical (unpaired) electrons. The molecule has 4 heteroatoms. The number of hydrogen-bond acceptors (Lipinski definition) is 3. The van der Waals surface area contributed by atoms with Crippen LogP contribution in [0.25, 0.3) is 0 Å². The summed E-state index contributed by atoms with van der Waals surface area (Å²) in [4.78, 5) is 0. The highest BCUT2D eigenvalue weighted by atomic mass is 32.2. The molecule has 2 unspecified atom stereocenters. The van der Waals surface area contributed by atoms with E-state index in [-0.39, 0.29) is 5.25 Å². The third kappa shape index (κ3) is 4.06. The molecular weight excluding hydrogens is 222 g/mol. The molecule has 16 heavy (non-hydrogen) atoms. The van der Waals surface area contributed by atoms with Crippen LogP contribution in [0.5, 0.6) is 0 Å². The van der Waals surface area contributed by atoms with Gasteiger partial charge in [-0.25, -0.2) is 8.42 Å². The first kappa shape index (κ1) is 14.0. The van der Waals surface area contributed by atoms with Gasteiger partial charge in [-0.2, -0.15) is 0 Å². The van der Waals surface area contributed by atoms with Gasteiger partial charge in [-0.1, -0.05) is 26.2 Å². The fraction of sp³-hybridized carbons (Fsp3) is 1.00.